The van der Waals surface area contributed by atoms with Gasteiger partial charge < -0.3 is 14.0 Å². The van der Waals surface area contributed by atoms with Crippen LogP contribution in [0.25, 0.3) is 11.0 Å². The number of imidazole rings is 1. The van der Waals surface area contributed by atoms with Crippen LogP contribution in [0.1, 0.15) is 11.1 Å². The zero-order chi connectivity index (χ0) is 22.3. The molecule has 4 rings (SSSR count). The Bertz CT molecular complexity index is 1210. The summed E-state index contributed by atoms with van der Waals surface area (Å²) >= 11 is 7.72. The van der Waals surface area contributed by atoms with Crippen molar-refractivity contribution in [3.05, 3.63) is 88.9 Å². The Hall–Kier alpha value is -2.96. The predicted octanol–water partition coefficient (Wildman–Crippen LogP) is 5.76. The Kier molecular flexibility index (Phi) is 7.35. The van der Waals surface area contributed by atoms with Crippen molar-refractivity contribution in [3.8, 4) is 5.75 Å². The maximum Gasteiger partial charge on any atom is 0.316 e. The summed E-state index contributed by atoms with van der Waals surface area (Å²) in [6.07, 6.45) is 0. The lowest BCUT2D eigenvalue weighted by molar-refractivity contribution is -0.141. The van der Waals surface area contributed by atoms with Gasteiger partial charge in [-0.1, -0.05) is 71.4 Å². The minimum absolute atomic E-state index is 0.163. The van der Waals surface area contributed by atoms with E-state index in [4.69, 9.17) is 26.1 Å². The van der Waals surface area contributed by atoms with Gasteiger partial charge in [0.25, 0.3) is 0 Å². The van der Waals surface area contributed by atoms with Crippen LogP contribution in [0.3, 0.4) is 0 Å². The molecule has 1 aromatic heterocycles. The highest BCUT2D eigenvalue weighted by Gasteiger charge is 2.15. The summed E-state index contributed by atoms with van der Waals surface area (Å²) < 4.78 is 13.0. The van der Waals surface area contributed by atoms with Crippen molar-refractivity contribution in [1.29, 1.82) is 0 Å². The van der Waals surface area contributed by atoms with Gasteiger partial charge in [-0.2, -0.15) is 0 Å². The van der Waals surface area contributed by atoms with E-state index in [9.17, 15) is 4.79 Å². The summed E-state index contributed by atoms with van der Waals surface area (Å²) in [5.41, 5.74) is 4.04. The summed E-state index contributed by atoms with van der Waals surface area (Å²) in [7, 11) is 0. The van der Waals surface area contributed by atoms with Crippen LogP contribution >= 0.6 is 23.4 Å². The lowest BCUT2D eigenvalue weighted by Crippen LogP contribution is -2.14. The van der Waals surface area contributed by atoms with Gasteiger partial charge in [-0.05, 0) is 42.8 Å². The van der Waals surface area contributed by atoms with Crippen molar-refractivity contribution in [3.63, 3.8) is 0 Å². The fourth-order valence-corrected chi connectivity index (χ4v) is 4.24. The number of thioether (sulfide) groups is 1. The molecule has 0 N–H and O–H groups in total. The van der Waals surface area contributed by atoms with Crippen molar-refractivity contribution >= 4 is 40.4 Å². The first-order valence-corrected chi connectivity index (χ1v) is 11.6. The largest absolute Gasteiger partial charge is 0.490 e. The minimum Gasteiger partial charge on any atom is -0.490 e. The van der Waals surface area contributed by atoms with Crippen molar-refractivity contribution in [2.75, 3.05) is 19.0 Å². The van der Waals surface area contributed by atoms with Crippen molar-refractivity contribution in [2.24, 2.45) is 0 Å². The Balaban J connectivity index is 1.35. The van der Waals surface area contributed by atoms with Crippen LogP contribution in [-0.2, 0) is 16.1 Å². The number of fused-ring (bicyclic) bond motifs is 1. The van der Waals surface area contributed by atoms with Crippen LogP contribution in [-0.4, -0.2) is 34.5 Å². The van der Waals surface area contributed by atoms with Crippen LogP contribution in [0.2, 0.25) is 5.02 Å². The third-order valence-electron chi connectivity index (χ3n) is 4.86. The van der Waals surface area contributed by atoms with Gasteiger partial charge in [-0.3, -0.25) is 4.79 Å². The van der Waals surface area contributed by atoms with E-state index in [1.54, 1.807) is 0 Å². The molecule has 0 fully saturated rings. The quantitative estimate of drug-likeness (QED) is 0.178. The van der Waals surface area contributed by atoms with Gasteiger partial charge in [0, 0.05) is 5.02 Å². The van der Waals surface area contributed by atoms with Gasteiger partial charge in [0.2, 0.25) is 0 Å². The number of aromatic nitrogens is 2. The number of carbonyl (C=O) groups is 1. The normalized spacial score (nSPS) is 10.9. The van der Waals surface area contributed by atoms with E-state index in [-0.39, 0.29) is 18.3 Å². The monoisotopic (exact) mass is 466 g/mol. The third kappa shape index (κ3) is 5.64. The lowest BCUT2D eigenvalue weighted by Gasteiger charge is -2.11. The number of rotatable bonds is 9. The lowest BCUT2D eigenvalue weighted by atomic mass is 10.2. The molecule has 0 aliphatic rings. The average molecular weight is 467 g/mol. The molecule has 0 amide bonds. The fraction of sp³-hybridized carbons (Fsp3) is 0.200. The number of benzene rings is 3. The highest BCUT2D eigenvalue weighted by Crippen LogP contribution is 2.27. The smallest absolute Gasteiger partial charge is 0.316 e. The molecule has 0 saturated carbocycles. The van der Waals surface area contributed by atoms with Crippen LogP contribution in [0.15, 0.2) is 78.0 Å². The minimum atomic E-state index is -0.307. The molecule has 0 atom stereocenters. The van der Waals surface area contributed by atoms with Crippen LogP contribution < -0.4 is 4.74 Å². The number of para-hydroxylation sites is 2. The van der Waals surface area contributed by atoms with E-state index >= 15 is 0 Å². The number of halogens is 1. The number of hydrogen-bond acceptors (Lipinski definition) is 5. The van der Waals surface area contributed by atoms with Gasteiger partial charge >= 0.3 is 5.97 Å². The second kappa shape index (κ2) is 10.6. The van der Waals surface area contributed by atoms with E-state index in [1.165, 1.54) is 17.3 Å². The number of ether oxygens (including phenoxy) is 2. The maximum absolute atomic E-state index is 12.3. The molecule has 164 valence electrons. The highest BCUT2D eigenvalue weighted by molar-refractivity contribution is 7.99. The zero-order valence-electron chi connectivity index (χ0n) is 17.7. The highest BCUT2D eigenvalue weighted by atomic mass is 35.5. The third-order valence-corrected chi connectivity index (χ3v) is 6.18. The van der Waals surface area contributed by atoms with Crippen LogP contribution in [0.4, 0.5) is 0 Å². The molecule has 0 spiro atoms. The van der Waals surface area contributed by atoms with Gasteiger partial charge in [0.05, 0.1) is 23.3 Å². The fourth-order valence-electron chi connectivity index (χ4n) is 3.23. The molecule has 3 aromatic carbocycles. The number of hydrogen-bond donors (Lipinski definition) is 0. The second-order valence-electron chi connectivity index (χ2n) is 7.23. The van der Waals surface area contributed by atoms with Gasteiger partial charge in [-0.25, -0.2) is 4.98 Å². The van der Waals surface area contributed by atoms with Gasteiger partial charge in [0.1, 0.15) is 19.0 Å². The summed E-state index contributed by atoms with van der Waals surface area (Å²) in [5, 5.41) is 1.45. The number of carbonyl (C=O) groups excluding carboxylic acids is 1. The summed E-state index contributed by atoms with van der Waals surface area (Å²) in [6, 6.07) is 23.4. The number of nitrogens with zero attached hydrogens (tertiary/aromatic N) is 2. The molecular formula is C25H23ClN2O3S. The molecule has 0 aliphatic heterocycles. The standard InChI is InChI=1S/C25H23ClN2O3S/c1-18-10-12-20(13-11-18)30-14-15-31-24(29)17-32-25-27-22-8-4-5-9-23(22)28(25)16-19-6-2-3-7-21(19)26/h2-13H,14-17H2,1H3. The van der Waals surface area contributed by atoms with E-state index in [0.717, 1.165) is 27.5 Å². The van der Waals surface area contributed by atoms with Gasteiger partial charge in [-0.15, -0.1) is 0 Å². The predicted molar refractivity (Wildman–Crippen MR) is 129 cm³/mol. The van der Waals surface area contributed by atoms with Crippen LogP contribution in [0.5, 0.6) is 5.75 Å². The first-order chi connectivity index (χ1) is 15.6. The SMILES string of the molecule is Cc1ccc(OCCOC(=O)CSc2nc3ccccc3n2Cc2ccccc2Cl)cc1. The summed E-state index contributed by atoms with van der Waals surface area (Å²) in [5.74, 6) is 0.615. The molecule has 0 unspecified atom stereocenters. The zero-order valence-corrected chi connectivity index (χ0v) is 19.2. The molecule has 0 bridgehead atoms. The number of aryl methyl sites for hydroxylation is 1. The maximum atomic E-state index is 12.3. The van der Waals surface area contributed by atoms with E-state index < -0.39 is 0 Å². The Morgan fingerprint density at radius 3 is 2.56 bits per heavy atom. The van der Waals surface area contributed by atoms with E-state index in [2.05, 4.69) is 4.57 Å². The molecule has 7 heteroatoms. The molecule has 5 nitrogen and oxygen atoms in total. The molecule has 4 aromatic rings. The van der Waals surface area contributed by atoms with Gasteiger partial charge in [0.15, 0.2) is 5.16 Å². The number of esters is 1. The van der Waals surface area contributed by atoms with Crippen LogP contribution in [0, 0.1) is 6.92 Å². The molecule has 0 radical (unpaired) electrons. The summed E-state index contributed by atoms with van der Waals surface area (Å²) in [6.45, 7) is 3.10. The first-order valence-electron chi connectivity index (χ1n) is 10.3. The topological polar surface area (TPSA) is 53.4 Å². The average Bonchev–Trinajstić information content (AvgIpc) is 3.15. The first kappa shape index (κ1) is 22.2. The van der Waals surface area contributed by atoms with Crippen molar-refractivity contribution in [1.82, 2.24) is 9.55 Å². The Morgan fingerprint density at radius 1 is 1.00 bits per heavy atom. The summed E-state index contributed by atoms with van der Waals surface area (Å²) in [4.78, 5) is 17.0. The molecule has 0 saturated heterocycles. The van der Waals surface area contributed by atoms with E-state index in [1.807, 2.05) is 79.7 Å². The van der Waals surface area contributed by atoms with Crippen molar-refractivity contribution in [2.45, 2.75) is 18.6 Å². The molecule has 1 heterocycles. The molecule has 0 aliphatic carbocycles. The Morgan fingerprint density at radius 2 is 1.75 bits per heavy atom. The van der Waals surface area contributed by atoms with E-state index in [0.29, 0.717) is 18.2 Å². The second-order valence-corrected chi connectivity index (χ2v) is 8.58. The molecular weight excluding hydrogens is 444 g/mol. The van der Waals surface area contributed by atoms with Crippen molar-refractivity contribution < 1.29 is 14.3 Å². The molecule has 32 heavy (non-hydrogen) atoms. The Labute approximate surface area is 196 Å².